The molecule has 0 unspecified atom stereocenters. The van der Waals surface area contributed by atoms with Gasteiger partial charge in [-0.2, -0.15) is 0 Å². The molecule has 0 fully saturated rings. The van der Waals surface area contributed by atoms with Crippen molar-refractivity contribution in [2.75, 3.05) is 19.1 Å². The topological polar surface area (TPSA) is 71.1 Å². The maximum atomic E-state index is 8.95. The van der Waals surface area contributed by atoms with Crippen LogP contribution in [0.15, 0.2) is 47.6 Å². The van der Waals surface area contributed by atoms with Crippen LogP contribution in [0.2, 0.25) is 5.02 Å². The van der Waals surface area contributed by atoms with Gasteiger partial charge in [-0.3, -0.25) is 0 Å². The zero-order valence-electron chi connectivity index (χ0n) is 11.7. The highest BCUT2D eigenvalue weighted by Crippen LogP contribution is 2.35. The number of ether oxygens (including phenoxy) is 1. The number of oxime groups is 1. The van der Waals surface area contributed by atoms with E-state index in [1.165, 1.54) is 0 Å². The number of nitrogens with two attached hydrogens (primary N) is 1. The van der Waals surface area contributed by atoms with Gasteiger partial charge in [0.15, 0.2) is 5.84 Å². The molecule has 0 radical (unpaired) electrons. The molecular formula is C15H16ClN3O2. The van der Waals surface area contributed by atoms with Gasteiger partial charge >= 0.3 is 0 Å². The van der Waals surface area contributed by atoms with Gasteiger partial charge in [-0.15, -0.1) is 0 Å². The van der Waals surface area contributed by atoms with E-state index in [0.29, 0.717) is 22.0 Å². The maximum absolute atomic E-state index is 8.95. The number of amidine groups is 1. The molecule has 0 saturated heterocycles. The van der Waals surface area contributed by atoms with Crippen molar-refractivity contribution >= 4 is 28.8 Å². The van der Waals surface area contributed by atoms with Gasteiger partial charge in [-0.25, -0.2) is 0 Å². The first-order valence-corrected chi connectivity index (χ1v) is 6.61. The average molecular weight is 306 g/mol. The number of anilines is 2. The van der Waals surface area contributed by atoms with E-state index in [9.17, 15) is 0 Å². The van der Waals surface area contributed by atoms with Crippen LogP contribution in [-0.4, -0.2) is 25.2 Å². The normalized spacial score (nSPS) is 11.3. The molecule has 3 N–H and O–H groups in total. The minimum Gasteiger partial charge on any atom is -0.495 e. The number of hydrogen-bond acceptors (Lipinski definition) is 4. The Morgan fingerprint density at radius 3 is 2.52 bits per heavy atom. The van der Waals surface area contributed by atoms with Crippen molar-refractivity contribution in [3.8, 4) is 5.75 Å². The van der Waals surface area contributed by atoms with Crippen LogP contribution in [-0.2, 0) is 0 Å². The van der Waals surface area contributed by atoms with Gasteiger partial charge in [0.1, 0.15) is 5.75 Å². The summed E-state index contributed by atoms with van der Waals surface area (Å²) in [6.07, 6.45) is 0. The van der Waals surface area contributed by atoms with Crippen LogP contribution < -0.4 is 15.4 Å². The predicted octanol–water partition coefficient (Wildman–Crippen LogP) is 3.21. The fourth-order valence-electron chi connectivity index (χ4n) is 2.13. The summed E-state index contributed by atoms with van der Waals surface area (Å²) >= 11 is 6.18. The second kappa shape index (κ2) is 6.37. The molecule has 2 aromatic carbocycles. The lowest BCUT2D eigenvalue weighted by molar-refractivity contribution is 0.318. The van der Waals surface area contributed by atoms with E-state index in [1.54, 1.807) is 19.2 Å². The predicted molar refractivity (Wildman–Crippen MR) is 85.0 cm³/mol. The maximum Gasteiger partial charge on any atom is 0.173 e. The molecule has 0 spiro atoms. The number of halogens is 1. The first-order valence-electron chi connectivity index (χ1n) is 6.23. The number of para-hydroxylation sites is 2. The molecule has 0 atom stereocenters. The summed E-state index contributed by atoms with van der Waals surface area (Å²) in [4.78, 5) is 1.87. The molecule has 21 heavy (non-hydrogen) atoms. The molecule has 0 aliphatic carbocycles. The number of hydrogen-bond donors (Lipinski definition) is 2. The Morgan fingerprint density at radius 1 is 1.19 bits per heavy atom. The molecule has 5 nitrogen and oxygen atoms in total. The van der Waals surface area contributed by atoms with Crippen LogP contribution in [0, 0.1) is 0 Å². The first kappa shape index (κ1) is 15.0. The monoisotopic (exact) mass is 305 g/mol. The van der Waals surface area contributed by atoms with E-state index in [1.807, 2.05) is 42.3 Å². The number of rotatable bonds is 4. The van der Waals surface area contributed by atoms with Crippen LogP contribution in [0.25, 0.3) is 0 Å². The van der Waals surface area contributed by atoms with E-state index in [0.717, 1.165) is 5.69 Å². The smallest absolute Gasteiger partial charge is 0.173 e. The highest BCUT2D eigenvalue weighted by atomic mass is 35.5. The zero-order valence-corrected chi connectivity index (χ0v) is 12.5. The molecule has 6 heteroatoms. The molecule has 110 valence electrons. The molecule has 0 amide bonds. The fraction of sp³-hybridized carbons (Fsp3) is 0.133. The third kappa shape index (κ3) is 2.87. The Hall–Kier alpha value is -2.40. The lowest BCUT2D eigenvalue weighted by Gasteiger charge is -2.24. The van der Waals surface area contributed by atoms with Gasteiger partial charge in [0.25, 0.3) is 0 Å². The number of nitrogens with zero attached hydrogens (tertiary/aromatic N) is 2. The summed E-state index contributed by atoms with van der Waals surface area (Å²) in [6, 6.07) is 12.9. The summed E-state index contributed by atoms with van der Waals surface area (Å²) in [5, 5.41) is 12.4. The number of benzene rings is 2. The second-order valence-electron chi connectivity index (χ2n) is 4.35. The van der Waals surface area contributed by atoms with E-state index in [2.05, 4.69) is 5.16 Å². The molecule has 0 aliphatic heterocycles. The van der Waals surface area contributed by atoms with Crippen molar-refractivity contribution in [3.05, 3.63) is 53.1 Å². The Kier molecular flexibility index (Phi) is 4.55. The van der Waals surface area contributed by atoms with Crippen molar-refractivity contribution in [1.82, 2.24) is 0 Å². The molecule has 0 bridgehead atoms. The summed E-state index contributed by atoms with van der Waals surface area (Å²) in [5.74, 6) is 0.669. The third-order valence-electron chi connectivity index (χ3n) is 3.16. The molecule has 2 aromatic rings. The minimum atomic E-state index is -0.0441. The molecule has 0 heterocycles. The Balaban J connectivity index is 2.59. The first-order chi connectivity index (χ1) is 10.1. The van der Waals surface area contributed by atoms with Gasteiger partial charge in [-0.1, -0.05) is 35.0 Å². The molecule has 0 saturated carbocycles. The fourth-order valence-corrected chi connectivity index (χ4v) is 2.40. The summed E-state index contributed by atoms with van der Waals surface area (Å²) < 4.78 is 5.36. The van der Waals surface area contributed by atoms with Crippen molar-refractivity contribution < 1.29 is 9.94 Å². The van der Waals surface area contributed by atoms with Crippen LogP contribution in [0.3, 0.4) is 0 Å². The molecule has 0 aromatic heterocycles. The average Bonchev–Trinajstić information content (AvgIpc) is 2.53. The van der Waals surface area contributed by atoms with Crippen molar-refractivity contribution in [3.63, 3.8) is 0 Å². The lowest BCUT2D eigenvalue weighted by Crippen LogP contribution is -2.20. The highest BCUT2D eigenvalue weighted by Gasteiger charge is 2.17. The van der Waals surface area contributed by atoms with E-state index in [4.69, 9.17) is 27.3 Å². The van der Waals surface area contributed by atoms with Crippen LogP contribution in [0.1, 0.15) is 5.56 Å². The van der Waals surface area contributed by atoms with Gasteiger partial charge < -0.3 is 20.6 Å². The molecular weight excluding hydrogens is 290 g/mol. The van der Waals surface area contributed by atoms with Crippen LogP contribution in [0.4, 0.5) is 11.4 Å². The Labute approximate surface area is 128 Å². The zero-order chi connectivity index (χ0) is 15.4. The summed E-state index contributed by atoms with van der Waals surface area (Å²) in [6.45, 7) is 0. The van der Waals surface area contributed by atoms with Crippen LogP contribution in [0.5, 0.6) is 5.75 Å². The van der Waals surface area contributed by atoms with Gasteiger partial charge in [0, 0.05) is 7.05 Å². The van der Waals surface area contributed by atoms with Crippen molar-refractivity contribution in [2.45, 2.75) is 0 Å². The third-order valence-corrected chi connectivity index (χ3v) is 3.48. The van der Waals surface area contributed by atoms with E-state index in [-0.39, 0.29) is 5.84 Å². The molecule has 0 aliphatic rings. The van der Waals surface area contributed by atoms with Gasteiger partial charge in [0.2, 0.25) is 0 Å². The van der Waals surface area contributed by atoms with Crippen molar-refractivity contribution in [1.29, 1.82) is 0 Å². The minimum absolute atomic E-state index is 0.0441. The lowest BCUT2D eigenvalue weighted by atomic mass is 10.1. The van der Waals surface area contributed by atoms with Gasteiger partial charge in [0.05, 0.1) is 29.1 Å². The second-order valence-corrected chi connectivity index (χ2v) is 4.76. The van der Waals surface area contributed by atoms with Crippen molar-refractivity contribution in [2.24, 2.45) is 10.9 Å². The SMILES string of the molecule is COc1ccccc1N(C)c1cccc(Cl)c1C(N)=NO. The molecule has 2 rings (SSSR count). The summed E-state index contributed by atoms with van der Waals surface area (Å²) in [5.41, 5.74) is 7.76. The largest absolute Gasteiger partial charge is 0.495 e. The van der Waals surface area contributed by atoms with Gasteiger partial charge in [-0.05, 0) is 24.3 Å². The van der Waals surface area contributed by atoms with E-state index >= 15 is 0 Å². The summed E-state index contributed by atoms with van der Waals surface area (Å²) in [7, 11) is 3.47. The highest BCUT2D eigenvalue weighted by molar-refractivity contribution is 6.35. The number of methoxy groups -OCH3 is 1. The van der Waals surface area contributed by atoms with Crippen LogP contribution >= 0.6 is 11.6 Å². The van der Waals surface area contributed by atoms with E-state index < -0.39 is 0 Å². The quantitative estimate of drug-likeness (QED) is 0.394. The Morgan fingerprint density at radius 2 is 1.86 bits per heavy atom. The standard InChI is InChI=1S/C15H16ClN3O2/c1-19(11-7-3-4-9-13(11)21-2)12-8-5-6-10(16)14(12)15(17)18-20/h3-9,20H,1-2H3,(H2,17,18). The Bertz CT molecular complexity index is 674.